The number of ether oxygens (including phenoxy) is 4. The number of carbonyl (C=O) groups excluding carboxylic acids is 1. The molecular weight excluding hydrogens is 726 g/mol. The summed E-state index contributed by atoms with van der Waals surface area (Å²) in [4.78, 5) is 13.0. The molecular formula is C42H79NO13. The van der Waals surface area contributed by atoms with Gasteiger partial charge in [0.25, 0.3) is 0 Å². The van der Waals surface area contributed by atoms with Gasteiger partial charge in [0.15, 0.2) is 12.6 Å². The number of hydrogen-bond donors (Lipinski definition) is 9. The van der Waals surface area contributed by atoms with Crippen LogP contribution in [0.25, 0.3) is 0 Å². The Morgan fingerprint density at radius 2 is 1.11 bits per heavy atom. The molecule has 0 spiro atoms. The number of nitrogens with one attached hydrogen (secondary N) is 1. The molecule has 0 bridgehead atoms. The van der Waals surface area contributed by atoms with Crippen LogP contribution in [0.3, 0.4) is 0 Å². The maximum absolute atomic E-state index is 13.0. The molecule has 1 amide bonds. The number of rotatable bonds is 32. The second-order valence-electron chi connectivity index (χ2n) is 15.8. The Labute approximate surface area is 336 Å². The van der Waals surface area contributed by atoms with E-state index >= 15 is 0 Å². The summed E-state index contributed by atoms with van der Waals surface area (Å²) < 4.78 is 22.6. The van der Waals surface area contributed by atoms with Gasteiger partial charge in [-0.1, -0.05) is 142 Å². The highest BCUT2D eigenvalue weighted by Gasteiger charge is 2.50. The van der Waals surface area contributed by atoms with Gasteiger partial charge in [-0.05, 0) is 19.3 Å². The van der Waals surface area contributed by atoms with Crippen molar-refractivity contribution in [1.29, 1.82) is 0 Å². The normalized spacial score (nSPS) is 29.5. The molecule has 56 heavy (non-hydrogen) atoms. The lowest BCUT2D eigenvalue weighted by Crippen LogP contribution is -2.65. The SMILES string of the molecule is CCCCCCCCCCCC/C=C/C(O)C(COC1OC(CO)C(OC2OC(CO)C(O)C(O)C2O)C(O)C1O)NC(=O)CCCCCCCCCCCC. The van der Waals surface area contributed by atoms with Gasteiger partial charge in [0.05, 0.1) is 32.0 Å². The second-order valence-corrected chi connectivity index (χ2v) is 15.8. The molecule has 9 N–H and O–H groups in total. The molecule has 0 radical (unpaired) electrons. The summed E-state index contributed by atoms with van der Waals surface area (Å²) in [5.41, 5.74) is 0. The monoisotopic (exact) mass is 806 g/mol. The van der Waals surface area contributed by atoms with Crippen LogP contribution >= 0.6 is 0 Å². The van der Waals surface area contributed by atoms with Gasteiger partial charge in [-0.2, -0.15) is 0 Å². The van der Waals surface area contributed by atoms with Crippen molar-refractivity contribution in [2.45, 2.75) is 229 Å². The molecule has 2 fully saturated rings. The van der Waals surface area contributed by atoms with Gasteiger partial charge >= 0.3 is 0 Å². The van der Waals surface area contributed by atoms with Crippen LogP contribution in [0.15, 0.2) is 12.2 Å². The fourth-order valence-corrected chi connectivity index (χ4v) is 7.29. The van der Waals surface area contributed by atoms with Crippen molar-refractivity contribution >= 4 is 5.91 Å². The van der Waals surface area contributed by atoms with Crippen molar-refractivity contribution < 1.29 is 64.6 Å². The van der Waals surface area contributed by atoms with Crippen LogP contribution in [0.4, 0.5) is 0 Å². The standard InChI is InChI=1S/C42H79NO13/c1-3-5-7-9-11-13-15-16-17-19-21-23-25-31(46)30(43-34(47)26-24-22-20-18-14-12-10-8-6-4-2)29-53-41-39(52)37(50)40(33(28-45)55-41)56-42-38(51)36(49)35(48)32(27-44)54-42/h23,25,30-33,35-42,44-46,48-52H,3-22,24,26-29H2,1-2H3,(H,43,47)/b25-23+. The van der Waals surface area contributed by atoms with Crippen LogP contribution in [-0.4, -0.2) is 140 Å². The van der Waals surface area contributed by atoms with Crippen LogP contribution in [0.5, 0.6) is 0 Å². The van der Waals surface area contributed by atoms with Crippen molar-refractivity contribution in [1.82, 2.24) is 5.32 Å². The fraction of sp³-hybridized carbons (Fsp3) is 0.929. The highest BCUT2D eigenvalue weighted by atomic mass is 16.7. The number of aliphatic hydroxyl groups excluding tert-OH is 8. The lowest BCUT2D eigenvalue weighted by atomic mass is 9.97. The largest absolute Gasteiger partial charge is 0.394 e. The third kappa shape index (κ3) is 19.2. The Morgan fingerprint density at radius 1 is 0.625 bits per heavy atom. The first-order valence-corrected chi connectivity index (χ1v) is 21.9. The molecule has 0 aliphatic carbocycles. The van der Waals surface area contributed by atoms with E-state index in [4.69, 9.17) is 18.9 Å². The summed E-state index contributed by atoms with van der Waals surface area (Å²) in [6.07, 6.45) is 11.3. The predicted molar refractivity (Wildman–Crippen MR) is 212 cm³/mol. The van der Waals surface area contributed by atoms with Crippen molar-refractivity contribution in [3.63, 3.8) is 0 Å². The van der Waals surface area contributed by atoms with Gasteiger partial charge in [0.2, 0.25) is 5.91 Å². The number of allylic oxidation sites excluding steroid dienone is 1. The number of unbranched alkanes of at least 4 members (excludes halogenated alkanes) is 19. The van der Waals surface area contributed by atoms with Gasteiger partial charge in [-0.25, -0.2) is 0 Å². The molecule has 0 aromatic carbocycles. The smallest absolute Gasteiger partial charge is 0.220 e. The van der Waals surface area contributed by atoms with Gasteiger partial charge in [-0.3, -0.25) is 4.79 Å². The molecule has 12 unspecified atom stereocenters. The second kappa shape index (κ2) is 30.7. The highest BCUT2D eigenvalue weighted by Crippen LogP contribution is 2.30. The van der Waals surface area contributed by atoms with E-state index in [-0.39, 0.29) is 18.9 Å². The molecule has 0 aromatic heterocycles. The maximum atomic E-state index is 13.0. The van der Waals surface area contributed by atoms with Crippen LogP contribution in [0.1, 0.15) is 155 Å². The van der Waals surface area contributed by atoms with Crippen LogP contribution in [-0.2, 0) is 23.7 Å². The summed E-state index contributed by atoms with van der Waals surface area (Å²) >= 11 is 0. The van der Waals surface area contributed by atoms with E-state index in [1.54, 1.807) is 6.08 Å². The summed E-state index contributed by atoms with van der Waals surface area (Å²) in [6.45, 7) is 2.73. The lowest BCUT2D eigenvalue weighted by molar-refractivity contribution is -0.359. The lowest BCUT2D eigenvalue weighted by Gasteiger charge is -2.46. The maximum Gasteiger partial charge on any atom is 0.220 e. The van der Waals surface area contributed by atoms with E-state index in [2.05, 4.69) is 19.2 Å². The van der Waals surface area contributed by atoms with Crippen molar-refractivity contribution in [3.8, 4) is 0 Å². The summed E-state index contributed by atoms with van der Waals surface area (Å²) in [5, 5.41) is 86.2. The quantitative estimate of drug-likeness (QED) is 0.0350. The molecule has 12 atom stereocenters. The Kier molecular flexibility index (Phi) is 27.9. The Hall–Kier alpha value is -1.27. The summed E-state index contributed by atoms with van der Waals surface area (Å²) in [7, 11) is 0. The van der Waals surface area contributed by atoms with Gasteiger partial charge in [0.1, 0.15) is 48.8 Å². The van der Waals surface area contributed by atoms with E-state index in [0.29, 0.717) is 6.42 Å². The minimum atomic E-state index is -1.78. The van der Waals surface area contributed by atoms with E-state index in [9.17, 15) is 45.6 Å². The molecule has 2 rings (SSSR count). The minimum Gasteiger partial charge on any atom is -0.394 e. The molecule has 14 heteroatoms. The third-order valence-electron chi connectivity index (χ3n) is 11.0. The van der Waals surface area contributed by atoms with Crippen molar-refractivity contribution in [3.05, 3.63) is 12.2 Å². The minimum absolute atomic E-state index is 0.244. The number of carbonyl (C=O) groups is 1. The van der Waals surface area contributed by atoms with Crippen LogP contribution in [0, 0.1) is 0 Å². The molecule has 2 heterocycles. The predicted octanol–water partition coefficient (Wildman–Crippen LogP) is 3.65. The van der Waals surface area contributed by atoms with E-state index in [1.165, 1.54) is 89.9 Å². The van der Waals surface area contributed by atoms with Gasteiger partial charge in [-0.15, -0.1) is 0 Å². The number of aliphatic hydroxyl groups is 8. The first kappa shape index (κ1) is 50.9. The molecule has 330 valence electrons. The zero-order valence-corrected chi connectivity index (χ0v) is 34.4. The highest BCUT2D eigenvalue weighted by molar-refractivity contribution is 5.76. The topological polar surface area (TPSA) is 228 Å². The summed E-state index contributed by atoms with van der Waals surface area (Å²) in [6, 6.07) is -0.904. The fourth-order valence-electron chi connectivity index (χ4n) is 7.29. The van der Waals surface area contributed by atoms with E-state index in [0.717, 1.165) is 38.5 Å². The van der Waals surface area contributed by atoms with Gasteiger partial charge in [0, 0.05) is 6.42 Å². The number of hydrogen-bond acceptors (Lipinski definition) is 13. The number of amides is 1. The average Bonchev–Trinajstić information content (AvgIpc) is 3.19. The molecule has 0 saturated carbocycles. The van der Waals surface area contributed by atoms with Crippen molar-refractivity contribution in [2.75, 3.05) is 19.8 Å². The summed E-state index contributed by atoms with van der Waals surface area (Å²) in [5.74, 6) is -0.244. The third-order valence-corrected chi connectivity index (χ3v) is 11.0. The van der Waals surface area contributed by atoms with E-state index in [1.807, 2.05) is 6.08 Å². The molecule has 0 aromatic rings. The molecule has 2 aliphatic heterocycles. The Morgan fingerprint density at radius 3 is 1.64 bits per heavy atom. The Balaban J connectivity index is 1.93. The first-order valence-electron chi connectivity index (χ1n) is 21.9. The van der Waals surface area contributed by atoms with Crippen molar-refractivity contribution in [2.24, 2.45) is 0 Å². The molecule has 2 aliphatic rings. The zero-order valence-electron chi connectivity index (χ0n) is 34.4. The zero-order chi connectivity index (χ0) is 41.1. The van der Waals surface area contributed by atoms with Crippen LogP contribution < -0.4 is 5.32 Å². The van der Waals surface area contributed by atoms with Crippen LogP contribution in [0.2, 0.25) is 0 Å². The van der Waals surface area contributed by atoms with Gasteiger partial charge < -0.3 is 65.1 Å². The average molecular weight is 806 g/mol. The first-order chi connectivity index (χ1) is 27.1. The Bertz CT molecular complexity index is 1000. The molecule has 2 saturated heterocycles. The molecule has 14 nitrogen and oxygen atoms in total. The van der Waals surface area contributed by atoms with E-state index < -0.39 is 86.8 Å².